The molecule has 0 aromatic heterocycles. The molecule has 1 aliphatic heterocycles. The van der Waals surface area contributed by atoms with E-state index in [1.54, 1.807) is 26.0 Å². The van der Waals surface area contributed by atoms with Crippen molar-refractivity contribution < 1.29 is 19.7 Å². The Hall–Kier alpha value is -3.16. The van der Waals surface area contributed by atoms with Gasteiger partial charge in [0.15, 0.2) is 0 Å². The highest BCUT2D eigenvalue weighted by Gasteiger charge is 2.35. The topological polar surface area (TPSA) is 114 Å². The molecule has 8 nitrogen and oxygen atoms in total. The molecule has 154 valence electrons. The summed E-state index contributed by atoms with van der Waals surface area (Å²) in [5, 5.41) is 28.6. The molecular weight excluding hydrogens is 374 g/mol. The van der Waals surface area contributed by atoms with Crippen molar-refractivity contribution >= 4 is 17.4 Å². The van der Waals surface area contributed by atoms with E-state index in [1.165, 1.54) is 12.1 Å². The van der Waals surface area contributed by atoms with Crippen molar-refractivity contribution in [3.05, 3.63) is 62.5 Å². The summed E-state index contributed by atoms with van der Waals surface area (Å²) >= 11 is 0. The summed E-state index contributed by atoms with van der Waals surface area (Å²) < 4.78 is 0. The lowest BCUT2D eigenvalue weighted by molar-refractivity contribution is -0.384. The van der Waals surface area contributed by atoms with E-state index in [2.05, 4.69) is 10.5 Å². The first-order valence-electron chi connectivity index (χ1n) is 9.66. The quantitative estimate of drug-likeness (QED) is 0.420. The van der Waals surface area contributed by atoms with E-state index in [1.807, 2.05) is 6.92 Å². The Morgan fingerprint density at radius 3 is 2.52 bits per heavy atom. The smallest absolute Gasteiger partial charge is 0.334 e. The molecule has 1 saturated carbocycles. The highest BCUT2D eigenvalue weighted by Crippen LogP contribution is 2.40. The first-order valence-corrected chi connectivity index (χ1v) is 9.66. The number of nitro benzene ring substituents is 1. The number of non-ortho nitro benzene ring substituents is 1. The summed E-state index contributed by atoms with van der Waals surface area (Å²) in [6.45, 7) is 5.31. The molecule has 0 spiro atoms. The van der Waals surface area contributed by atoms with Crippen molar-refractivity contribution in [2.75, 3.05) is 0 Å². The summed E-state index contributed by atoms with van der Waals surface area (Å²) in [5.74, 6) is -1.77. The second-order valence-corrected chi connectivity index (χ2v) is 7.48. The van der Waals surface area contributed by atoms with Crippen LogP contribution in [0.4, 0.5) is 5.69 Å². The summed E-state index contributed by atoms with van der Waals surface area (Å²) in [6.07, 6.45) is 4.23. The van der Waals surface area contributed by atoms with Gasteiger partial charge in [0.05, 0.1) is 16.2 Å². The summed E-state index contributed by atoms with van der Waals surface area (Å²) in [4.78, 5) is 28.5. The zero-order valence-electron chi connectivity index (χ0n) is 16.8. The Kier molecular flexibility index (Phi) is 6.00. The van der Waals surface area contributed by atoms with E-state index in [-0.39, 0.29) is 17.4 Å². The average molecular weight is 399 g/mol. The van der Waals surface area contributed by atoms with Crippen LogP contribution in [0.25, 0.3) is 0 Å². The van der Waals surface area contributed by atoms with Crippen LogP contribution in [-0.4, -0.2) is 27.8 Å². The number of carboxylic acid groups (broad SMARTS) is 1. The van der Waals surface area contributed by atoms with Crippen LogP contribution < -0.4 is 5.32 Å². The number of allylic oxidation sites excluding steroid dienone is 3. The number of nitro groups is 1. The van der Waals surface area contributed by atoms with Gasteiger partial charge in [-0.05, 0) is 52.0 Å². The molecule has 0 radical (unpaired) electrons. The zero-order chi connectivity index (χ0) is 21.1. The molecule has 1 aromatic carbocycles. The number of nitrogens with one attached hydrogen (secondary N) is 1. The third-order valence-electron chi connectivity index (χ3n) is 5.44. The predicted octanol–water partition coefficient (Wildman–Crippen LogP) is 4.25. The van der Waals surface area contributed by atoms with Gasteiger partial charge in [0.2, 0.25) is 0 Å². The third kappa shape index (κ3) is 4.31. The van der Waals surface area contributed by atoms with Gasteiger partial charge in [-0.25, -0.2) is 4.79 Å². The van der Waals surface area contributed by atoms with Gasteiger partial charge >= 0.3 is 5.97 Å². The maximum absolute atomic E-state index is 12.1. The van der Waals surface area contributed by atoms with Crippen molar-refractivity contribution in [1.82, 2.24) is 5.32 Å². The maximum atomic E-state index is 12.1. The number of hydrogen-bond acceptors (Lipinski definition) is 6. The lowest BCUT2D eigenvalue weighted by Gasteiger charge is -2.30. The monoisotopic (exact) mass is 399 g/mol. The molecule has 3 rings (SSSR count). The molecule has 1 fully saturated rings. The summed E-state index contributed by atoms with van der Waals surface area (Å²) in [6, 6.07) is 6.09. The minimum atomic E-state index is -1.08. The minimum Gasteiger partial charge on any atom is -0.478 e. The van der Waals surface area contributed by atoms with Gasteiger partial charge in [0.25, 0.3) is 5.69 Å². The molecular formula is C21H25N3O5. The number of oxime groups is 1. The van der Waals surface area contributed by atoms with Crippen LogP contribution in [0.5, 0.6) is 0 Å². The molecule has 0 saturated heterocycles. The number of carbonyl (C=O) groups is 1. The van der Waals surface area contributed by atoms with Gasteiger partial charge < -0.3 is 15.3 Å². The van der Waals surface area contributed by atoms with E-state index in [4.69, 9.17) is 4.84 Å². The van der Waals surface area contributed by atoms with Crippen molar-refractivity contribution in [2.45, 2.75) is 58.5 Å². The number of benzene rings is 1. The second kappa shape index (κ2) is 8.46. The summed E-state index contributed by atoms with van der Waals surface area (Å²) in [7, 11) is 0. The van der Waals surface area contributed by atoms with Crippen molar-refractivity contribution in [3.8, 4) is 0 Å². The van der Waals surface area contributed by atoms with Crippen LogP contribution in [0.2, 0.25) is 0 Å². The molecule has 1 atom stereocenters. The first kappa shape index (κ1) is 20.6. The average Bonchev–Trinajstić information content (AvgIpc) is 3.18. The molecule has 29 heavy (non-hydrogen) atoms. The highest BCUT2D eigenvalue weighted by atomic mass is 16.6. The van der Waals surface area contributed by atoms with E-state index < -0.39 is 16.8 Å². The largest absolute Gasteiger partial charge is 0.478 e. The van der Waals surface area contributed by atoms with Gasteiger partial charge in [-0.15, -0.1) is 0 Å². The van der Waals surface area contributed by atoms with E-state index >= 15 is 0 Å². The molecule has 2 aliphatic rings. The van der Waals surface area contributed by atoms with Crippen molar-refractivity contribution in [3.63, 3.8) is 0 Å². The normalized spacial score (nSPS) is 20.7. The van der Waals surface area contributed by atoms with Crippen molar-refractivity contribution in [1.29, 1.82) is 0 Å². The van der Waals surface area contributed by atoms with Crippen LogP contribution in [0.1, 0.15) is 57.9 Å². The SMILES string of the molecule is CC(=NOC1CCCC1)C1=C(C)NC(C)=C(C(=O)O)C1c1cccc([N+](=O)[O-])c1. The van der Waals surface area contributed by atoms with Gasteiger partial charge in [-0.3, -0.25) is 10.1 Å². The molecule has 0 amide bonds. The first-order chi connectivity index (χ1) is 13.8. The zero-order valence-corrected chi connectivity index (χ0v) is 16.8. The number of nitrogens with zero attached hydrogens (tertiary/aromatic N) is 2. The Morgan fingerprint density at radius 1 is 1.24 bits per heavy atom. The molecule has 1 aromatic rings. The van der Waals surface area contributed by atoms with Crippen LogP contribution in [0.3, 0.4) is 0 Å². The maximum Gasteiger partial charge on any atom is 0.334 e. The van der Waals surface area contributed by atoms with Crippen LogP contribution in [0.15, 0.2) is 52.0 Å². The lowest BCUT2D eigenvalue weighted by Crippen LogP contribution is -2.30. The van der Waals surface area contributed by atoms with Crippen molar-refractivity contribution in [2.24, 2.45) is 5.16 Å². The van der Waals surface area contributed by atoms with E-state index in [0.717, 1.165) is 31.4 Å². The van der Waals surface area contributed by atoms with Gasteiger partial charge in [0, 0.05) is 35.0 Å². The molecule has 2 N–H and O–H groups in total. The third-order valence-corrected chi connectivity index (χ3v) is 5.44. The van der Waals surface area contributed by atoms with Crippen LogP contribution >= 0.6 is 0 Å². The van der Waals surface area contributed by atoms with Gasteiger partial charge in [-0.1, -0.05) is 17.3 Å². The number of rotatable bonds is 6. The molecule has 1 unspecified atom stereocenters. The second-order valence-electron chi connectivity index (χ2n) is 7.48. The Labute approximate surface area is 169 Å². The Balaban J connectivity index is 2.07. The number of carboxylic acids is 1. The molecule has 8 heteroatoms. The fourth-order valence-electron chi connectivity index (χ4n) is 4.11. The van der Waals surface area contributed by atoms with E-state index in [9.17, 15) is 20.0 Å². The Morgan fingerprint density at radius 2 is 1.90 bits per heavy atom. The number of dihydropyridines is 1. The number of hydrogen-bond donors (Lipinski definition) is 2. The minimum absolute atomic E-state index is 0.0786. The summed E-state index contributed by atoms with van der Waals surface area (Å²) in [5.41, 5.74) is 3.05. The lowest BCUT2D eigenvalue weighted by atomic mass is 9.78. The fraction of sp³-hybridized carbons (Fsp3) is 0.429. The standard InChI is InChI=1S/C21H25N3O5/c1-12-18(14(3)23-29-17-9-4-5-10-17)20(19(21(25)26)13(2)22-12)15-7-6-8-16(11-15)24(27)28/h6-8,11,17,20,22H,4-5,9-10H2,1-3H3,(H,25,26). The molecule has 0 bridgehead atoms. The fourth-order valence-corrected chi connectivity index (χ4v) is 4.11. The van der Waals surface area contributed by atoms with Gasteiger partial charge in [-0.2, -0.15) is 0 Å². The number of aliphatic carboxylic acids is 1. The molecule has 1 aliphatic carbocycles. The van der Waals surface area contributed by atoms with E-state index in [0.29, 0.717) is 22.5 Å². The highest BCUT2D eigenvalue weighted by molar-refractivity contribution is 6.04. The molecule has 1 heterocycles. The van der Waals surface area contributed by atoms with Crippen LogP contribution in [0, 0.1) is 10.1 Å². The predicted molar refractivity (Wildman–Crippen MR) is 108 cm³/mol. The van der Waals surface area contributed by atoms with Crippen LogP contribution in [-0.2, 0) is 9.63 Å². The van der Waals surface area contributed by atoms with Gasteiger partial charge in [0.1, 0.15) is 6.10 Å². The Bertz CT molecular complexity index is 926.